The van der Waals surface area contributed by atoms with Crippen molar-refractivity contribution in [2.45, 2.75) is 37.1 Å². The highest BCUT2D eigenvalue weighted by Gasteiger charge is 2.16. The molecule has 0 fully saturated rings. The van der Waals surface area contributed by atoms with Gasteiger partial charge in [0.1, 0.15) is 0 Å². The van der Waals surface area contributed by atoms with Crippen LogP contribution in [0.4, 0.5) is 0 Å². The van der Waals surface area contributed by atoms with Gasteiger partial charge in [0, 0.05) is 23.1 Å². The fourth-order valence-corrected chi connectivity index (χ4v) is 3.86. The molecule has 1 amide bonds. The zero-order chi connectivity index (χ0) is 20.4. The van der Waals surface area contributed by atoms with E-state index in [1.807, 2.05) is 38.1 Å². The lowest BCUT2D eigenvalue weighted by atomic mass is 10.1. The van der Waals surface area contributed by atoms with E-state index in [2.05, 4.69) is 5.32 Å². The first-order chi connectivity index (χ1) is 13.5. The highest BCUT2D eigenvalue weighted by atomic mass is 35.5. The Morgan fingerprint density at radius 1 is 1.11 bits per heavy atom. The topological polar surface area (TPSA) is 47.6 Å². The summed E-state index contributed by atoms with van der Waals surface area (Å²) < 4.78 is 10.8. The zero-order valence-corrected chi connectivity index (χ0v) is 18.4. The van der Waals surface area contributed by atoms with E-state index in [0.717, 1.165) is 16.0 Å². The quantitative estimate of drug-likeness (QED) is 0.377. The van der Waals surface area contributed by atoms with Crippen molar-refractivity contribution < 1.29 is 14.3 Å². The van der Waals surface area contributed by atoms with Crippen molar-refractivity contribution in [1.29, 1.82) is 0 Å². The molecule has 1 N–H and O–H groups in total. The van der Waals surface area contributed by atoms with Crippen LogP contribution >= 0.6 is 35.0 Å². The van der Waals surface area contributed by atoms with Crippen molar-refractivity contribution in [3.63, 3.8) is 0 Å². The molecule has 4 nitrogen and oxygen atoms in total. The Morgan fingerprint density at radius 2 is 1.86 bits per heavy atom. The van der Waals surface area contributed by atoms with Crippen molar-refractivity contribution in [2.75, 3.05) is 19.8 Å². The maximum atomic E-state index is 12.4. The summed E-state index contributed by atoms with van der Waals surface area (Å²) in [7, 11) is 0. The van der Waals surface area contributed by atoms with Crippen LogP contribution in [0.15, 0.2) is 47.4 Å². The largest absolute Gasteiger partial charge is 0.379 e. The van der Waals surface area contributed by atoms with E-state index in [1.165, 1.54) is 11.8 Å². The van der Waals surface area contributed by atoms with Crippen LogP contribution in [0.3, 0.4) is 0 Å². The summed E-state index contributed by atoms with van der Waals surface area (Å²) in [6.07, 6.45) is 0. The van der Waals surface area contributed by atoms with E-state index in [0.29, 0.717) is 43.0 Å². The van der Waals surface area contributed by atoms with Crippen LogP contribution in [-0.2, 0) is 27.4 Å². The van der Waals surface area contributed by atoms with Crippen LogP contribution in [-0.4, -0.2) is 31.0 Å². The maximum absolute atomic E-state index is 12.4. The predicted octanol–water partition coefficient (Wildman–Crippen LogP) is 5.34. The monoisotopic (exact) mass is 441 g/mol. The molecule has 28 heavy (non-hydrogen) atoms. The molecule has 2 aromatic carbocycles. The highest BCUT2D eigenvalue weighted by molar-refractivity contribution is 8.00. The number of thioether (sulfide) groups is 1. The molecule has 0 spiro atoms. The Hall–Kier alpha value is -1.24. The Balaban J connectivity index is 1.81. The van der Waals surface area contributed by atoms with E-state index in [-0.39, 0.29) is 11.2 Å². The van der Waals surface area contributed by atoms with Gasteiger partial charge in [-0.3, -0.25) is 4.79 Å². The number of amides is 1. The highest BCUT2D eigenvalue weighted by Crippen LogP contribution is 2.32. The lowest BCUT2D eigenvalue weighted by Gasteiger charge is -2.13. The van der Waals surface area contributed by atoms with Gasteiger partial charge in [-0.1, -0.05) is 47.5 Å². The number of hydrogen-bond acceptors (Lipinski definition) is 4. The van der Waals surface area contributed by atoms with Gasteiger partial charge >= 0.3 is 0 Å². The number of hydrogen-bond donors (Lipinski definition) is 1. The van der Waals surface area contributed by atoms with Crippen LogP contribution in [0.1, 0.15) is 25.0 Å². The summed E-state index contributed by atoms with van der Waals surface area (Å²) in [6.45, 7) is 6.64. The van der Waals surface area contributed by atoms with Gasteiger partial charge in [-0.05, 0) is 43.2 Å². The van der Waals surface area contributed by atoms with Gasteiger partial charge in [0.15, 0.2) is 0 Å². The number of carbonyl (C=O) groups excluding carboxylic acids is 1. The van der Waals surface area contributed by atoms with Gasteiger partial charge in [0.05, 0.1) is 30.1 Å². The third kappa shape index (κ3) is 8.02. The van der Waals surface area contributed by atoms with Crippen molar-refractivity contribution in [3.05, 3.63) is 63.6 Å². The number of benzene rings is 2. The fourth-order valence-electron chi connectivity index (χ4n) is 2.43. The number of nitrogens with one attached hydrogen (secondary N) is 1. The molecule has 1 atom stereocenters. The Morgan fingerprint density at radius 3 is 2.64 bits per heavy atom. The number of halogens is 2. The number of carbonyl (C=O) groups is 1. The minimum Gasteiger partial charge on any atom is -0.379 e. The van der Waals surface area contributed by atoms with Gasteiger partial charge < -0.3 is 14.8 Å². The van der Waals surface area contributed by atoms with Gasteiger partial charge in [-0.15, -0.1) is 11.8 Å². The Labute approximate surface area is 180 Å². The number of rotatable bonds is 11. The molecule has 0 saturated heterocycles. The molecule has 0 bridgehead atoms. The molecular weight excluding hydrogens is 417 g/mol. The predicted molar refractivity (Wildman–Crippen MR) is 116 cm³/mol. The normalized spacial score (nSPS) is 12.0. The molecular formula is C21H25Cl2NO3S. The van der Waals surface area contributed by atoms with Crippen LogP contribution in [0.5, 0.6) is 0 Å². The van der Waals surface area contributed by atoms with E-state index < -0.39 is 0 Å². The Bertz CT molecular complexity index is 773. The summed E-state index contributed by atoms with van der Waals surface area (Å²) in [6, 6.07) is 13.2. The number of ether oxygens (including phenoxy) is 2. The van der Waals surface area contributed by atoms with Crippen LogP contribution < -0.4 is 5.32 Å². The van der Waals surface area contributed by atoms with Gasteiger partial charge in [-0.25, -0.2) is 0 Å². The molecule has 0 aliphatic rings. The smallest absolute Gasteiger partial charge is 0.233 e. The first kappa shape index (κ1) is 23.0. The summed E-state index contributed by atoms with van der Waals surface area (Å²) in [5, 5.41) is 3.86. The average Bonchev–Trinajstić information content (AvgIpc) is 2.69. The second-order valence-electron chi connectivity index (χ2n) is 6.12. The third-order valence-corrected chi connectivity index (χ3v) is 5.71. The second kappa shape index (κ2) is 12.3. The standard InChI is InChI=1S/C21H25Cl2NO3S/c1-3-26-9-10-27-14-17-6-4-5-16(11-17)13-24-21(25)15(2)28-20-12-18(22)7-8-19(20)23/h4-8,11-12,15H,3,9-10,13-14H2,1-2H3,(H,24,25). The molecule has 152 valence electrons. The van der Waals surface area contributed by atoms with Crippen molar-refractivity contribution in [3.8, 4) is 0 Å². The lowest BCUT2D eigenvalue weighted by Crippen LogP contribution is -2.30. The molecule has 0 radical (unpaired) electrons. The van der Waals surface area contributed by atoms with Crippen molar-refractivity contribution in [1.82, 2.24) is 5.32 Å². The zero-order valence-electron chi connectivity index (χ0n) is 16.0. The molecule has 0 aromatic heterocycles. The Kier molecular flexibility index (Phi) is 10.2. The minimum atomic E-state index is -0.291. The lowest BCUT2D eigenvalue weighted by molar-refractivity contribution is -0.120. The summed E-state index contributed by atoms with van der Waals surface area (Å²) in [5.74, 6) is -0.0561. The summed E-state index contributed by atoms with van der Waals surface area (Å²) in [5.41, 5.74) is 2.09. The van der Waals surface area contributed by atoms with Crippen LogP contribution in [0.25, 0.3) is 0 Å². The fraction of sp³-hybridized carbons (Fsp3) is 0.381. The molecule has 0 aliphatic carbocycles. The second-order valence-corrected chi connectivity index (χ2v) is 8.35. The van der Waals surface area contributed by atoms with Crippen molar-refractivity contribution >= 4 is 40.9 Å². The molecule has 1 unspecified atom stereocenters. The molecule has 0 heterocycles. The van der Waals surface area contributed by atoms with Crippen molar-refractivity contribution in [2.24, 2.45) is 0 Å². The third-order valence-electron chi connectivity index (χ3n) is 3.87. The first-order valence-electron chi connectivity index (χ1n) is 9.12. The molecule has 2 aromatic rings. The summed E-state index contributed by atoms with van der Waals surface area (Å²) >= 11 is 13.6. The first-order valence-corrected chi connectivity index (χ1v) is 10.8. The molecule has 2 rings (SSSR count). The molecule has 0 saturated carbocycles. The van der Waals surface area contributed by atoms with Gasteiger partial charge in [0.25, 0.3) is 0 Å². The van der Waals surface area contributed by atoms with E-state index in [1.54, 1.807) is 18.2 Å². The summed E-state index contributed by atoms with van der Waals surface area (Å²) in [4.78, 5) is 13.2. The SMILES string of the molecule is CCOCCOCc1cccc(CNC(=O)C(C)Sc2cc(Cl)ccc2Cl)c1. The van der Waals surface area contributed by atoms with Crippen LogP contribution in [0.2, 0.25) is 10.0 Å². The maximum Gasteiger partial charge on any atom is 0.233 e. The van der Waals surface area contributed by atoms with Gasteiger partial charge in [0.2, 0.25) is 5.91 Å². The molecule has 7 heteroatoms. The van der Waals surface area contributed by atoms with Gasteiger partial charge in [-0.2, -0.15) is 0 Å². The van der Waals surface area contributed by atoms with E-state index >= 15 is 0 Å². The average molecular weight is 442 g/mol. The van der Waals surface area contributed by atoms with E-state index in [4.69, 9.17) is 32.7 Å². The van der Waals surface area contributed by atoms with E-state index in [9.17, 15) is 4.79 Å². The molecule has 0 aliphatic heterocycles. The van der Waals surface area contributed by atoms with Crippen LogP contribution in [0, 0.1) is 0 Å². The minimum absolute atomic E-state index is 0.0561.